The van der Waals surface area contributed by atoms with Crippen molar-refractivity contribution < 1.29 is 18.9 Å². The molecule has 0 spiro atoms. The Bertz CT molecular complexity index is 780. The van der Waals surface area contributed by atoms with E-state index < -0.39 is 28.2 Å². The first-order chi connectivity index (χ1) is 10.9. The fourth-order valence-electron chi connectivity index (χ4n) is 1.65. The van der Waals surface area contributed by atoms with Gasteiger partial charge in [0.05, 0.1) is 4.92 Å². The van der Waals surface area contributed by atoms with Crippen LogP contribution in [0, 0.1) is 15.9 Å². The molecule has 0 unspecified atom stereocenters. The number of amides is 2. The van der Waals surface area contributed by atoms with E-state index >= 15 is 0 Å². The van der Waals surface area contributed by atoms with Gasteiger partial charge in [-0.25, -0.2) is 4.39 Å². The van der Waals surface area contributed by atoms with Crippen molar-refractivity contribution in [1.29, 1.82) is 0 Å². The van der Waals surface area contributed by atoms with Gasteiger partial charge < -0.3 is 0 Å². The van der Waals surface area contributed by atoms with Crippen LogP contribution in [0.25, 0.3) is 0 Å². The van der Waals surface area contributed by atoms with E-state index in [9.17, 15) is 24.1 Å². The summed E-state index contributed by atoms with van der Waals surface area (Å²) in [5.74, 6) is -1.93. The molecule has 2 aromatic carbocycles. The maximum Gasteiger partial charge on any atom is 0.288 e. The molecule has 0 aromatic heterocycles. The second-order valence-corrected chi connectivity index (χ2v) is 4.75. The molecule has 118 valence electrons. The fourth-order valence-corrected chi connectivity index (χ4v) is 1.84. The van der Waals surface area contributed by atoms with Crippen LogP contribution < -0.4 is 10.9 Å². The molecule has 9 heteroatoms. The van der Waals surface area contributed by atoms with Crippen molar-refractivity contribution in [3.63, 3.8) is 0 Å². The van der Waals surface area contributed by atoms with Crippen molar-refractivity contribution in [2.45, 2.75) is 0 Å². The molecule has 0 saturated carbocycles. The molecule has 7 nitrogen and oxygen atoms in total. The maximum absolute atomic E-state index is 12.8. The smallest absolute Gasteiger partial charge is 0.267 e. The van der Waals surface area contributed by atoms with Crippen LogP contribution >= 0.6 is 11.6 Å². The minimum atomic E-state index is -0.764. The van der Waals surface area contributed by atoms with Crippen molar-refractivity contribution in [2.24, 2.45) is 0 Å². The molecular weight excluding hydrogens is 329 g/mol. The van der Waals surface area contributed by atoms with Gasteiger partial charge in [-0.15, -0.1) is 0 Å². The Hall–Kier alpha value is -3.00. The molecule has 0 heterocycles. The van der Waals surface area contributed by atoms with Crippen molar-refractivity contribution >= 4 is 29.1 Å². The predicted molar refractivity (Wildman–Crippen MR) is 79.4 cm³/mol. The summed E-state index contributed by atoms with van der Waals surface area (Å²) < 4.78 is 12.8. The Morgan fingerprint density at radius 1 is 1.00 bits per heavy atom. The van der Waals surface area contributed by atoms with E-state index in [4.69, 9.17) is 11.6 Å². The Labute approximate surface area is 134 Å². The molecule has 2 aromatic rings. The molecular formula is C14H9ClFN3O4. The highest BCUT2D eigenvalue weighted by molar-refractivity contribution is 6.32. The van der Waals surface area contributed by atoms with E-state index in [2.05, 4.69) is 10.9 Å². The molecule has 0 radical (unpaired) electrons. The van der Waals surface area contributed by atoms with Crippen molar-refractivity contribution in [3.8, 4) is 0 Å². The van der Waals surface area contributed by atoms with Crippen molar-refractivity contribution in [2.75, 3.05) is 0 Å². The lowest BCUT2D eigenvalue weighted by molar-refractivity contribution is -0.384. The highest BCUT2D eigenvalue weighted by Crippen LogP contribution is 2.24. The van der Waals surface area contributed by atoms with Crippen molar-refractivity contribution in [3.05, 3.63) is 74.5 Å². The first-order valence-electron chi connectivity index (χ1n) is 6.18. The molecule has 0 aliphatic heterocycles. The Morgan fingerprint density at radius 3 is 2.09 bits per heavy atom. The van der Waals surface area contributed by atoms with Crippen LogP contribution in [0.2, 0.25) is 5.02 Å². The van der Waals surface area contributed by atoms with Gasteiger partial charge in [-0.2, -0.15) is 0 Å². The van der Waals surface area contributed by atoms with Crippen LogP contribution in [0.1, 0.15) is 20.7 Å². The molecule has 2 amide bonds. The average Bonchev–Trinajstić information content (AvgIpc) is 2.53. The summed E-state index contributed by atoms with van der Waals surface area (Å²) >= 11 is 5.64. The number of nitro groups is 1. The van der Waals surface area contributed by atoms with E-state index in [1.54, 1.807) is 0 Å². The number of halogens is 2. The molecule has 23 heavy (non-hydrogen) atoms. The average molecular weight is 338 g/mol. The predicted octanol–water partition coefficient (Wildman–Crippen LogP) is 2.46. The molecule has 0 fully saturated rings. The number of benzene rings is 2. The second-order valence-electron chi connectivity index (χ2n) is 4.34. The number of rotatable bonds is 3. The summed E-state index contributed by atoms with van der Waals surface area (Å²) in [5, 5.41) is 10.7. The Balaban J connectivity index is 2.05. The lowest BCUT2D eigenvalue weighted by atomic mass is 10.2. The van der Waals surface area contributed by atoms with Gasteiger partial charge in [-0.05, 0) is 36.4 Å². The van der Waals surface area contributed by atoms with E-state index in [-0.39, 0.29) is 16.1 Å². The third-order valence-electron chi connectivity index (χ3n) is 2.80. The summed E-state index contributed by atoms with van der Waals surface area (Å²) in [4.78, 5) is 33.7. The van der Waals surface area contributed by atoms with E-state index in [1.165, 1.54) is 24.3 Å². The minimum absolute atomic E-state index is 0.0551. The van der Waals surface area contributed by atoms with Gasteiger partial charge in [0.1, 0.15) is 10.8 Å². The number of hydrogen-bond acceptors (Lipinski definition) is 4. The number of carbonyl (C=O) groups excluding carboxylic acids is 2. The van der Waals surface area contributed by atoms with Gasteiger partial charge in [0.15, 0.2) is 0 Å². The normalized spacial score (nSPS) is 10.0. The topological polar surface area (TPSA) is 101 Å². The SMILES string of the molecule is O=C(NNC(=O)c1ccc(Cl)c([N+](=O)[O-])c1)c1ccc(F)cc1. The summed E-state index contributed by atoms with van der Waals surface area (Å²) in [6.45, 7) is 0. The minimum Gasteiger partial charge on any atom is -0.267 e. The number of nitrogens with zero attached hydrogens (tertiary/aromatic N) is 1. The van der Waals surface area contributed by atoms with E-state index in [0.29, 0.717) is 0 Å². The molecule has 0 saturated heterocycles. The third kappa shape index (κ3) is 4.01. The number of nitro benzene ring substituents is 1. The van der Waals surface area contributed by atoms with Gasteiger partial charge in [-0.3, -0.25) is 30.6 Å². The second kappa shape index (κ2) is 6.84. The van der Waals surface area contributed by atoms with Crippen LogP contribution in [0.4, 0.5) is 10.1 Å². The first kappa shape index (κ1) is 16.4. The molecule has 0 atom stereocenters. The molecule has 2 rings (SSSR count). The van der Waals surface area contributed by atoms with Crippen LogP contribution in [-0.4, -0.2) is 16.7 Å². The zero-order chi connectivity index (χ0) is 17.0. The summed E-state index contributed by atoms with van der Waals surface area (Å²) in [7, 11) is 0. The molecule has 2 N–H and O–H groups in total. The Kier molecular flexibility index (Phi) is 4.87. The highest BCUT2D eigenvalue weighted by Gasteiger charge is 2.16. The largest absolute Gasteiger partial charge is 0.288 e. The van der Waals surface area contributed by atoms with E-state index in [1.807, 2.05) is 0 Å². The fraction of sp³-hybridized carbons (Fsp3) is 0. The number of hydrogen-bond donors (Lipinski definition) is 2. The molecule has 0 bridgehead atoms. The zero-order valence-corrected chi connectivity index (χ0v) is 12.1. The molecule has 0 aliphatic carbocycles. The number of nitrogens with one attached hydrogen (secondary N) is 2. The van der Waals surface area contributed by atoms with Crippen molar-refractivity contribution in [1.82, 2.24) is 10.9 Å². The van der Waals surface area contributed by atoms with Crippen LogP contribution in [0.5, 0.6) is 0 Å². The number of hydrazine groups is 1. The summed E-state index contributed by atoms with van der Waals surface area (Å²) in [6.07, 6.45) is 0. The summed E-state index contributed by atoms with van der Waals surface area (Å²) in [5.41, 5.74) is 3.87. The lowest BCUT2D eigenvalue weighted by Crippen LogP contribution is -2.41. The Morgan fingerprint density at radius 2 is 1.52 bits per heavy atom. The zero-order valence-electron chi connectivity index (χ0n) is 11.4. The van der Waals surface area contributed by atoms with Gasteiger partial charge in [0, 0.05) is 17.2 Å². The van der Waals surface area contributed by atoms with Crippen LogP contribution in [-0.2, 0) is 0 Å². The van der Waals surface area contributed by atoms with E-state index in [0.717, 1.165) is 18.2 Å². The monoisotopic (exact) mass is 337 g/mol. The highest BCUT2D eigenvalue weighted by atomic mass is 35.5. The van der Waals surface area contributed by atoms with Gasteiger partial charge in [0.2, 0.25) is 0 Å². The van der Waals surface area contributed by atoms with Gasteiger partial charge >= 0.3 is 0 Å². The lowest BCUT2D eigenvalue weighted by Gasteiger charge is -2.07. The van der Waals surface area contributed by atoms with Gasteiger partial charge in [0.25, 0.3) is 17.5 Å². The standard InChI is InChI=1S/C14H9ClFN3O4/c15-11-6-3-9(7-12(11)19(22)23)14(21)18-17-13(20)8-1-4-10(16)5-2-8/h1-7H,(H,17,20)(H,18,21). The first-order valence-corrected chi connectivity index (χ1v) is 6.56. The molecule has 0 aliphatic rings. The maximum atomic E-state index is 12.8. The van der Waals surface area contributed by atoms with Gasteiger partial charge in [-0.1, -0.05) is 11.6 Å². The van der Waals surface area contributed by atoms with Crippen LogP contribution in [0.3, 0.4) is 0 Å². The third-order valence-corrected chi connectivity index (χ3v) is 3.12. The quantitative estimate of drug-likeness (QED) is 0.663. The number of carbonyl (C=O) groups is 2. The summed E-state index contributed by atoms with van der Waals surface area (Å²) in [6, 6.07) is 8.14. The van der Waals surface area contributed by atoms with Crippen LogP contribution in [0.15, 0.2) is 42.5 Å².